The maximum Gasteiger partial charge on any atom is 0.306 e. The molecule has 0 aromatic heterocycles. The second kappa shape index (κ2) is 55.0. The van der Waals surface area contributed by atoms with E-state index in [2.05, 4.69) is 98.9 Å². The van der Waals surface area contributed by atoms with E-state index in [4.69, 9.17) is 18.5 Å². The van der Waals surface area contributed by atoms with E-state index in [-0.39, 0.29) is 32.0 Å². The molecule has 0 spiro atoms. The molecule has 2 unspecified atom stereocenters. The summed E-state index contributed by atoms with van der Waals surface area (Å²) in [6.45, 7) is 4.14. The number of quaternary nitrogens is 1. The molecule has 0 aliphatic heterocycles. The van der Waals surface area contributed by atoms with Crippen molar-refractivity contribution in [2.45, 2.75) is 264 Å². The maximum atomic E-state index is 12.8. The molecule has 2 atom stereocenters. The molecule has 0 saturated heterocycles. The molecule has 0 heterocycles. The molecule has 10 heteroatoms. The van der Waals surface area contributed by atoms with Gasteiger partial charge < -0.3 is 27.9 Å². The van der Waals surface area contributed by atoms with Crippen molar-refractivity contribution in [3.8, 4) is 0 Å². The molecule has 0 bridgehead atoms. The van der Waals surface area contributed by atoms with Crippen LogP contribution in [-0.4, -0.2) is 70.0 Å². The Morgan fingerprint density at radius 1 is 0.432 bits per heavy atom. The van der Waals surface area contributed by atoms with Gasteiger partial charge in [-0.3, -0.25) is 14.2 Å². The minimum Gasteiger partial charge on any atom is -0.756 e. The van der Waals surface area contributed by atoms with Gasteiger partial charge in [0.1, 0.15) is 19.8 Å². The van der Waals surface area contributed by atoms with E-state index in [1.807, 2.05) is 21.1 Å². The summed E-state index contributed by atoms with van der Waals surface area (Å²) in [5.41, 5.74) is 0. The smallest absolute Gasteiger partial charge is 0.306 e. The Morgan fingerprint density at radius 2 is 0.770 bits per heavy atom. The molecule has 0 aromatic carbocycles. The number of allylic oxidation sites excluding steroid dienone is 14. The Kier molecular flexibility index (Phi) is 52.9. The summed E-state index contributed by atoms with van der Waals surface area (Å²) in [4.78, 5) is 37.9. The number of likely N-dealkylation sites (N-methyl/N-ethyl adjacent to an activating group) is 1. The molecule has 0 aliphatic rings. The van der Waals surface area contributed by atoms with E-state index in [0.717, 1.165) is 89.9 Å². The number of phosphoric acid groups is 1. The second-order valence-corrected chi connectivity index (χ2v) is 22.8. The summed E-state index contributed by atoms with van der Waals surface area (Å²) in [5, 5.41) is 0. The monoisotopic (exact) mass is 1060 g/mol. The van der Waals surface area contributed by atoms with Gasteiger partial charge >= 0.3 is 11.9 Å². The van der Waals surface area contributed by atoms with Crippen LogP contribution in [0.15, 0.2) is 85.1 Å². The minimum absolute atomic E-state index is 0.0357. The maximum absolute atomic E-state index is 12.8. The van der Waals surface area contributed by atoms with Gasteiger partial charge in [-0.15, -0.1) is 0 Å². The molecular formula is C64H114NO8P. The Hall–Kier alpha value is -2.81. The van der Waals surface area contributed by atoms with Crippen LogP contribution in [0.5, 0.6) is 0 Å². The standard InChI is InChI=1S/C64H114NO8P/c1-6-8-10-12-14-16-18-20-22-24-26-28-29-30-31-32-33-34-35-37-39-41-43-45-47-49-51-53-55-57-64(67)73-62(61-72-74(68,69)71-59-58-65(3,4)5)60-70-63(66)56-54-52-50-48-46-44-42-40-38-36-27-25-23-21-19-17-15-13-11-9-7-2/h8,10,14,16,20,22,26,28,30-31,33-34,37,39,62H,6-7,9,11-13,15,17-19,21,23-25,27,29,32,35-36,38,40-61H2,1-5H3/b10-8-,16-14-,22-20-,28-26-,31-30-,34-33-,39-37-. The predicted molar refractivity (Wildman–Crippen MR) is 314 cm³/mol. The number of ether oxygens (including phenoxy) is 2. The number of carbonyl (C=O) groups excluding carboxylic acids is 2. The summed E-state index contributed by atoms with van der Waals surface area (Å²) in [5.74, 6) is -0.841. The lowest BCUT2D eigenvalue weighted by molar-refractivity contribution is -0.870. The highest BCUT2D eigenvalue weighted by atomic mass is 31.2. The fourth-order valence-corrected chi connectivity index (χ4v) is 9.01. The fraction of sp³-hybridized carbons (Fsp3) is 0.750. The van der Waals surface area contributed by atoms with E-state index < -0.39 is 26.5 Å². The van der Waals surface area contributed by atoms with Gasteiger partial charge in [0, 0.05) is 12.8 Å². The van der Waals surface area contributed by atoms with Gasteiger partial charge in [-0.05, 0) is 70.6 Å². The van der Waals surface area contributed by atoms with E-state index in [0.29, 0.717) is 17.4 Å². The average molecular weight is 1060 g/mol. The van der Waals surface area contributed by atoms with Crippen molar-refractivity contribution in [3.05, 3.63) is 85.1 Å². The van der Waals surface area contributed by atoms with Crippen LogP contribution < -0.4 is 4.89 Å². The fourth-order valence-electron chi connectivity index (χ4n) is 8.28. The molecule has 0 aromatic rings. The number of carbonyl (C=O) groups is 2. The van der Waals surface area contributed by atoms with Gasteiger partial charge in [-0.25, -0.2) is 0 Å². The molecule has 0 N–H and O–H groups in total. The van der Waals surface area contributed by atoms with Crippen molar-refractivity contribution in [1.82, 2.24) is 0 Å². The van der Waals surface area contributed by atoms with Crippen LogP contribution in [0.25, 0.3) is 0 Å². The van der Waals surface area contributed by atoms with E-state index in [9.17, 15) is 19.0 Å². The Balaban J connectivity index is 4.19. The number of unbranched alkanes of at least 4 members (excludes halogenated alkanes) is 27. The Labute approximate surface area is 456 Å². The summed E-state index contributed by atoms with van der Waals surface area (Å²) < 4.78 is 34.2. The third-order valence-corrected chi connectivity index (χ3v) is 13.9. The molecule has 0 aliphatic carbocycles. The molecular weight excluding hydrogens is 942 g/mol. The minimum atomic E-state index is -4.64. The number of phosphoric ester groups is 1. The quantitative estimate of drug-likeness (QED) is 0.0195. The van der Waals surface area contributed by atoms with Gasteiger partial charge in [0.15, 0.2) is 6.10 Å². The van der Waals surface area contributed by atoms with Crippen molar-refractivity contribution in [3.63, 3.8) is 0 Å². The lowest BCUT2D eigenvalue weighted by atomic mass is 10.0. The van der Waals surface area contributed by atoms with Crippen LogP contribution in [0, 0.1) is 0 Å². The third kappa shape index (κ3) is 58.5. The molecule has 0 rings (SSSR count). The van der Waals surface area contributed by atoms with Crippen molar-refractivity contribution in [2.24, 2.45) is 0 Å². The van der Waals surface area contributed by atoms with Crippen molar-refractivity contribution >= 4 is 19.8 Å². The highest BCUT2D eigenvalue weighted by Crippen LogP contribution is 2.38. The number of esters is 2. The summed E-state index contributed by atoms with van der Waals surface area (Å²) in [6, 6.07) is 0. The number of hydrogen-bond donors (Lipinski definition) is 0. The lowest BCUT2D eigenvalue weighted by Crippen LogP contribution is -2.37. The molecule has 0 fully saturated rings. The first kappa shape index (κ1) is 71.2. The van der Waals surface area contributed by atoms with Crippen LogP contribution in [0.4, 0.5) is 0 Å². The van der Waals surface area contributed by atoms with Crippen molar-refractivity contribution in [2.75, 3.05) is 47.5 Å². The summed E-state index contributed by atoms with van der Waals surface area (Å²) in [7, 11) is 1.16. The molecule has 9 nitrogen and oxygen atoms in total. The molecule has 0 saturated carbocycles. The third-order valence-electron chi connectivity index (χ3n) is 12.9. The molecule has 0 radical (unpaired) electrons. The number of hydrogen-bond acceptors (Lipinski definition) is 8. The van der Waals surface area contributed by atoms with Gasteiger partial charge in [0.05, 0.1) is 27.7 Å². The largest absolute Gasteiger partial charge is 0.756 e. The van der Waals surface area contributed by atoms with Gasteiger partial charge in [0.25, 0.3) is 7.82 Å². The SMILES string of the molecule is CC/C=C\C/C=C\C/C=C\C/C=C\C/C=C\C/C=C\C/C=C\CCCCCCCCCC(=O)OC(COC(=O)CCCCCCCCCCCCCCCCCCCCCCC)COP(=O)([O-])OCC[N+](C)(C)C. The van der Waals surface area contributed by atoms with Crippen LogP contribution in [-0.2, 0) is 32.7 Å². The molecule has 74 heavy (non-hydrogen) atoms. The summed E-state index contributed by atoms with van der Waals surface area (Å²) in [6.07, 6.45) is 73.4. The highest BCUT2D eigenvalue weighted by Gasteiger charge is 2.22. The Morgan fingerprint density at radius 3 is 1.15 bits per heavy atom. The normalized spacial score (nSPS) is 13.9. The highest BCUT2D eigenvalue weighted by molar-refractivity contribution is 7.45. The van der Waals surface area contributed by atoms with E-state index in [1.165, 1.54) is 135 Å². The van der Waals surface area contributed by atoms with Gasteiger partial charge in [0.2, 0.25) is 0 Å². The van der Waals surface area contributed by atoms with E-state index >= 15 is 0 Å². The first-order valence-electron chi connectivity index (χ1n) is 30.3. The number of nitrogens with zero attached hydrogens (tertiary/aromatic N) is 1. The first-order chi connectivity index (χ1) is 36.0. The zero-order chi connectivity index (χ0) is 54.2. The van der Waals surface area contributed by atoms with Crippen LogP contribution >= 0.6 is 7.82 Å². The first-order valence-corrected chi connectivity index (χ1v) is 31.8. The predicted octanol–water partition coefficient (Wildman–Crippen LogP) is 18.4. The van der Waals surface area contributed by atoms with Crippen molar-refractivity contribution in [1.29, 1.82) is 0 Å². The van der Waals surface area contributed by atoms with Crippen LogP contribution in [0.3, 0.4) is 0 Å². The molecule has 428 valence electrons. The zero-order valence-corrected chi connectivity index (χ0v) is 49.4. The lowest BCUT2D eigenvalue weighted by Gasteiger charge is -2.28. The topological polar surface area (TPSA) is 111 Å². The zero-order valence-electron chi connectivity index (χ0n) is 48.5. The van der Waals surface area contributed by atoms with Crippen LogP contribution in [0.2, 0.25) is 0 Å². The molecule has 0 amide bonds. The van der Waals surface area contributed by atoms with E-state index in [1.54, 1.807) is 0 Å². The number of rotatable bonds is 55. The average Bonchev–Trinajstić information content (AvgIpc) is 3.36. The van der Waals surface area contributed by atoms with Crippen molar-refractivity contribution < 1.29 is 42.1 Å². The second-order valence-electron chi connectivity index (χ2n) is 21.3. The van der Waals surface area contributed by atoms with Gasteiger partial charge in [-0.2, -0.15) is 0 Å². The Bertz CT molecular complexity index is 1520. The van der Waals surface area contributed by atoms with Gasteiger partial charge in [-0.1, -0.05) is 259 Å². The summed E-state index contributed by atoms with van der Waals surface area (Å²) >= 11 is 0. The van der Waals surface area contributed by atoms with Crippen LogP contribution in [0.1, 0.15) is 258 Å².